The van der Waals surface area contributed by atoms with Crippen molar-refractivity contribution in [1.29, 1.82) is 0 Å². The molecule has 3 heterocycles. The highest BCUT2D eigenvalue weighted by Crippen LogP contribution is 2.26. The standard InChI is InChI=1S/C17H21N3O2S/c1-13-4-6-16(22-13)15(20-8-2-3-9-20)10-18-17(21)7-5-14-11-23-12-19-14/h4-7,11-12,15H,2-3,8-10H2,1H3,(H,18,21). The number of nitrogens with one attached hydrogen (secondary N) is 1. The number of carbonyl (C=O) groups is 1. The van der Waals surface area contributed by atoms with Crippen molar-refractivity contribution in [3.8, 4) is 0 Å². The number of carbonyl (C=O) groups excluding carboxylic acids is 1. The highest BCUT2D eigenvalue weighted by molar-refractivity contribution is 7.07. The lowest BCUT2D eigenvalue weighted by atomic mass is 10.2. The number of hydrogen-bond acceptors (Lipinski definition) is 5. The van der Waals surface area contributed by atoms with Crippen LogP contribution >= 0.6 is 11.3 Å². The summed E-state index contributed by atoms with van der Waals surface area (Å²) < 4.78 is 5.79. The van der Waals surface area contributed by atoms with Gasteiger partial charge in [-0.2, -0.15) is 0 Å². The summed E-state index contributed by atoms with van der Waals surface area (Å²) >= 11 is 1.51. The Morgan fingerprint density at radius 3 is 2.96 bits per heavy atom. The molecule has 1 amide bonds. The van der Waals surface area contributed by atoms with E-state index in [0.717, 1.165) is 30.3 Å². The Morgan fingerprint density at radius 1 is 1.48 bits per heavy atom. The molecule has 23 heavy (non-hydrogen) atoms. The van der Waals surface area contributed by atoms with Crippen LogP contribution in [0.5, 0.6) is 0 Å². The highest BCUT2D eigenvalue weighted by atomic mass is 32.1. The van der Waals surface area contributed by atoms with Crippen LogP contribution in [0.1, 0.15) is 36.1 Å². The number of thiazole rings is 1. The second-order valence-corrected chi connectivity index (χ2v) is 6.42. The van der Waals surface area contributed by atoms with Crippen LogP contribution in [0.4, 0.5) is 0 Å². The Balaban J connectivity index is 1.61. The van der Waals surface area contributed by atoms with E-state index in [4.69, 9.17) is 4.42 Å². The summed E-state index contributed by atoms with van der Waals surface area (Å²) in [6, 6.07) is 4.08. The normalized spacial score (nSPS) is 16.9. The Kier molecular flexibility index (Phi) is 5.25. The van der Waals surface area contributed by atoms with Crippen LogP contribution in [-0.4, -0.2) is 35.4 Å². The van der Waals surface area contributed by atoms with E-state index in [-0.39, 0.29) is 11.9 Å². The van der Waals surface area contributed by atoms with Gasteiger partial charge >= 0.3 is 0 Å². The number of furan rings is 1. The van der Waals surface area contributed by atoms with Crippen LogP contribution in [0.3, 0.4) is 0 Å². The van der Waals surface area contributed by atoms with Gasteiger partial charge < -0.3 is 9.73 Å². The third-order valence-corrected chi connectivity index (χ3v) is 4.60. The average molecular weight is 331 g/mol. The van der Waals surface area contributed by atoms with Crippen LogP contribution in [0.15, 0.2) is 33.5 Å². The monoisotopic (exact) mass is 331 g/mol. The third kappa shape index (κ3) is 4.30. The minimum absolute atomic E-state index is 0.0998. The third-order valence-electron chi connectivity index (χ3n) is 4.00. The van der Waals surface area contributed by atoms with E-state index in [1.54, 1.807) is 11.6 Å². The first-order valence-corrected chi connectivity index (χ1v) is 8.81. The van der Waals surface area contributed by atoms with Crippen molar-refractivity contribution in [2.75, 3.05) is 19.6 Å². The van der Waals surface area contributed by atoms with Gasteiger partial charge in [0.05, 0.1) is 17.2 Å². The van der Waals surface area contributed by atoms with Crippen molar-refractivity contribution in [1.82, 2.24) is 15.2 Å². The summed E-state index contributed by atoms with van der Waals surface area (Å²) in [6.45, 7) is 4.59. The molecule has 0 aliphatic carbocycles. The molecule has 0 bridgehead atoms. The zero-order chi connectivity index (χ0) is 16.1. The minimum Gasteiger partial charge on any atom is -0.465 e. The number of rotatable bonds is 6. The molecule has 5 nitrogen and oxygen atoms in total. The molecule has 1 aliphatic rings. The van der Waals surface area contributed by atoms with E-state index in [1.807, 2.05) is 24.4 Å². The predicted molar refractivity (Wildman–Crippen MR) is 91.2 cm³/mol. The second-order valence-electron chi connectivity index (χ2n) is 5.70. The molecular formula is C17H21N3O2S. The lowest BCUT2D eigenvalue weighted by Crippen LogP contribution is -2.36. The lowest BCUT2D eigenvalue weighted by Gasteiger charge is -2.25. The summed E-state index contributed by atoms with van der Waals surface area (Å²) in [4.78, 5) is 18.5. The highest BCUT2D eigenvalue weighted by Gasteiger charge is 2.26. The first-order chi connectivity index (χ1) is 11.2. The maximum Gasteiger partial charge on any atom is 0.244 e. The number of amides is 1. The Morgan fingerprint density at radius 2 is 2.30 bits per heavy atom. The molecule has 2 aromatic heterocycles. The van der Waals surface area contributed by atoms with E-state index in [1.165, 1.54) is 30.3 Å². The summed E-state index contributed by atoms with van der Waals surface area (Å²) in [5.41, 5.74) is 2.56. The molecule has 0 saturated carbocycles. The maximum atomic E-state index is 12.0. The predicted octanol–water partition coefficient (Wildman–Crippen LogP) is 3.01. The Hall–Kier alpha value is -1.92. The first kappa shape index (κ1) is 16.0. The van der Waals surface area contributed by atoms with E-state index in [0.29, 0.717) is 6.54 Å². The van der Waals surface area contributed by atoms with Gasteiger partial charge in [0, 0.05) is 18.0 Å². The topological polar surface area (TPSA) is 58.4 Å². The summed E-state index contributed by atoms with van der Waals surface area (Å²) in [7, 11) is 0. The van der Waals surface area contributed by atoms with Gasteiger partial charge in [-0.1, -0.05) is 0 Å². The van der Waals surface area contributed by atoms with Gasteiger partial charge in [-0.3, -0.25) is 9.69 Å². The van der Waals surface area contributed by atoms with Gasteiger partial charge in [0.15, 0.2) is 0 Å². The number of aryl methyl sites for hydroxylation is 1. The van der Waals surface area contributed by atoms with Crippen molar-refractivity contribution >= 4 is 23.3 Å². The number of nitrogens with zero attached hydrogens (tertiary/aromatic N) is 2. The molecule has 0 aromatic carbocycles. The molecule has 1 saturated heterocycles. The van der Waals surface area contributed by atoms with E-state index >= 15 is 0 Å². The molecular weight excluding hydrogens is 310 g/mol. The molecule has 122 valence electrons. The van der Waals surface area contributed by atoms with Crippen molar-refractivity contribution in [3.63, 3.8) is 0 Å². The second kappa shape index (κ2) is 7.57. The molecule has 1 atom stereocenters. The molecule has 0 spiro atoms. The van der Waals surface area contributed by atoms with Crippen LogP contribution < -0.4 is 5.32 Å². The van der Waals surface area contributed by atoms with Crippen molar-refractivity contribution in [2.24, 2.45) is 0 Å². The fraction of sp³-hybridized carbons (Fsp3) is 0.412. The van der Waals surface area contributed by atoms with Crippen LogP contribution in [-0.2, 0) is 4.79 Å². The van der Waals surface area contributed by atoms with E-state index < -0.39 is 0 Å². The lowest BCUT2D eigenvalue weighted by molar-refractivity contribution is -0.116. The van der Waals surface area contributed by atoms with Crippen molar-refractivity contribution in [2.45, 2.75) is 25.8 Å². The number of hydrogen-bond donors (Lipinski definition) is 1. The summed E-state index contributed by atoms with van der Waals surface area (Å²) in [5, 5.41) is 4.88. The molecule has 1 aliphatic heterocycles. The van der Waals surface area contributed by atoms with Crippen molar-refractivity contribution in [3.05, 3.63) is 46.3 Å². The van der Waals surface area contributed by atoms with Gasteiger partial charge in [-0.25, -0.2) is 4.98 Å². The maximum absolute atomic E-state index is 12.0. The smallest absolute Gasteiger partial charge is 0.244 e. The summed E-state index contributed by atoms with van der Waals surface area (Å²) in [6.07, 6.45) is 5.67. The first-order valence-electron chi connectivity index (χ1n) is 7.87. The SMILES string of the molecule is Cc1ccc(C(CNC(=O)C=Cc2cscn2)N2CCCC2)o1. The number of aromatic nitrogens is 1. The molecule has 1 fully saturated rings. The zero-order valence-corrected chi connectivity index (χ0v) is 14.0. The Labute approximate surface area is 140 Å². The van der Waals surface area contributed by atoms with Crippen LogP contribution in [0.2, 0.25) is 0 Å². The van der Waals surface area contributed by atoms with Gasteiger partial charge in [0.2, 0.25) is 5.91 Å². The molecule has 1 N–H and O–H groups in total. The molecule has 6 heteroatoms. The number of likely N-dealkylation sites (tertiary alicyclic amines) is 1. The van der Waals surface area contributed by atoms with E-state index in [2.05, 4.69) is 15.2 Å². The van der Waals surface area contributed by atoms with Crippen LogP contribution in [0.25, 0.3) is 6.08 Å². The van der Waals surface area contributed by atoms with Crippen molar-refractivity contribution < 1.29 is 9.21 Å². The fourth-order valence-corrected chi connectivity index (χ4v) is 3.34. The largest absolute Gasteiger partial charge is 0.465 e. The fourth-order valence-electron chi connectivity index (χ4n) is 2.82. The van der Waals surface area contributed by atoms with Gasteiger partial charge in [0.25, 0.3) is 0 Å². The molecule has 2 aromatic rings. The summed E-state index contributed by atoms with van der Waals surface area (Å²) in [5.74, 6) is 1.72. The molecule has 3 rings (SSSR count). The zero-order valence-electron chi connectivity index (χ0n) is 13.2. The quantitative estimate of drug-likeness (QED) is 0.827. The van der Waals surface area contributed by atoms with Gasteiger partial charge in [-0.15, -0.1) is 11.3 Å². The van der Waals surface area contributed by atoms with Gasteiger partial charge in [0.1, 0.15) is 11.5 Å². The Bertz CT molecular complexity index is 657. The minimum atomic E-state index is -0.106. The molecule has 0 radical (unpaired) electrons. The van der Waals surface area contributed by atoms with E-state index in [9.17, 15) is 4.79 Å². The average Bonchev–Trinajstić information content (AvgIpc) is 3.28. The van der Waals surface area contributed by atoms with Gasteiger partial charge in [-0.05, 0) is 51.1 Å². The molecule has 1 unspecified atom stereocenters. The van der Waals surface area contributed by atoms with Crippen LogP contribution in [0, 0.1) is 6.92 Å².